The van der Waals surface area contributed by atoms with Crippen LogP contribution in [-0.4, -0.2) is 30.3 Å². The number of rotatable bonds is 5. The van der Waals surface area contributed by atoms with E-state index in [1.54, 1.807) is 10.7 Å². The molecule has 23 heavy (non-hydrogen) atoms. The van der Waals surface area contributed by atoms with Gasteiger partial charge in [0, 0.05) is 37.3 Å². The summed E-state index contributed by atoms with van der Waals surface area (Å²) in [5, 5.41) is 19.6. The maximum absolute atomic E-state index is 11.6. The van der Waals surface area contributed by atoms with E-state index in [9.17, 15) is 4.79 Å². The van der Waals surface area contributed by atoms with Gasteiger partial charge in [0.25, 0.3) is 0 Å². The van der Waals surface area contributed by atoms with Crippen LogP contribution in [0.15, 0.2) is 30.6 Å². The van der Waals surface area contributed by atoms with Crippen molar-refractivity contribution in [2.45, 2.75) is 26.3 Å². The van der Waals surface area contributed by atoms with Crippen LogP contribution in [0.4, 0.5) is 5.95 Å². The van der Waals surface area contributed by atoms with Gasteiger partial charge >= 0.3 is 0 Å². The molecule has 0 aliphatic carbocycles. The van der Waals surface area contributed by atoms with Gasteiger partial charge in [0.1, 0.15) is 0 Å². The number of nitrogens with zero attached hydrogens (tertiary/aromatic N) is 6. The van der Waals surface area contributed by atoms with Crippen molar-refractivity contribution in [2.24, 2.45) is 0 Å². The van der Waals surface area contributed by atoms with E-state index in [0.717, 1.165) is 17.8 Å². The Morgan fingerprint density at radius 2 is 2.26 bits per heavy atom. The van der Waals surface area contributed by atoms with Gasteiger partial charge < -0.3 is 0 Å². The van der Waals surface area contributed by atoms with Crippen LogP contribution in [0.25, 0.3) is 16.9 Å². The topological polar surface area (TPSA) is 101 Å². The van der Waals surface area contributed by atoms with Crippen molar-refractivity contribution in [1.82, 2.24) is 24.4 Å². The Labute approximate surface area is 132 Å². The van der Waals surface area contributed by atoms with Gasteiger partial charge in [0.15, 0.2) is 5.65 Å². The zero-order chi connectivity index (χ0) is 16.2. The summed E-state index contributed by atoms with van der Waals surface area (Å²) >= 11 is 0. The summed E-state index contributed by atoms with van der Waals surface area (Å²) in [6.45, 7) is 2.80. The highest BCUT2D eigenvalue weighted by atomic mass is 16.1. The second-order valence-corrected chi connectivity index (χ2v) is 4.89. The van der Waals surface area contributed by atoms with Gasteiger partial charge in [-0.3, -0.25) is 14.8 Å². The number of nitriles is 1. The van der Waals surface area contributed by atoms with Crippen molar-refractivity contribution in [3.8, 4) is 17.3 Å². The van der Waals surface area contributed by atoms with Gasteiger partial charge in [-0.1, -0.05) is 0 Å². The number of nitrogens with one attached hydrogen (secondary N) is 1. The van der Waals surface area contributed by atoms with E-state index in [4.69, 9.17) is 5.26 Å². The molecular weight excluding hydrogens is 294 g/mol. The van der Waals surface area contributed by atoms with E-state index >= 15 is 0 Å². The molecule has 0 radical (unpaired) electrons. The van der Waals surface area contributed by atoms with Crippen molar-refractivity contribution in [1.29, 1.82) is 5.26 Å². The van der Waals surface area contributed by atoms with Gasteiger partial charge in [0.05, 0.1) is 11.8 Å². The second kappa shape index (κ2) is 6.27. The van der Waals surface area contributed by atoms with Crippen LogP contribution in [0.2, 0.25) is 0 Å². The number of carbonyl (C=O) groups is 1. The van der Waals surface area contributed by atoms with Crippen LogP contribution >= 0.6 is 0 Å². The normalized spacial score (nSPS) is 10.6. The minimum Gasteiger partial charge on any atom is -0.293 e. The monoisotopic (exact) mass is 309 g/mol. The molecule has 116 valence electrons. The average molecular weight is 309 g/mol. The van der Waals surface area contributed by atoms with Gasteiger partial charge in [-0.25, -0.2) is 4.52 Å². The highest BCUT2D eigenvalue weighted by Gasteiger charge is 2.10. The molecule has 3 aromatic heterocycles. The first-order chi connectivity index (χ1) is 11.2. The lowest BCUT2D eigenvalue weighted by molar-refractivity contribution is -0.116. The Bertz CT molecular complexity index is 887. The molecule has 0 spiro atoms. The number of carbonyl (C=O) groups excluding carboxylic acids is 1. The van der Waals surface area contributed by atoms with Crippen molar-refractivity contribution in [3.63, 3.8) is 0 Å². The lowest BCUT2D eigenvalue weighted by atomic mass is 10.2. The fraction of sp³-hybridized carbons (Fsp3) is 0.267. The summed E-state index contributed by atoms with van der Waals surface area (Å²) in [4.78, 5) is 15.9. The molecule has 0 aliphatic rings. The molecule has 0 saturated carbocycles. The summed E-state index contributed by atoms with van der Waals surface area (Å²) < 4.78 is 3.50. The van der Waals surface area contributed by atoms with Crippen LogP contribution in [0.5, 0.6) is 0 Å². The van der Waals surface area contributed by atoms with E-state index in [-0.39, 0.29) is 24.7 Å². The first kappa shape index (κ1) is 14.7. The lowest BCUT2D eigenvalue weighted by Crippen LogP contribution is -2.12. The number of anilines is 1. The number of aromatic nitrogens is 5. The smallest absolute Gasteiger partial charge is 0.249 e. The van der Waals surface area contributed by atoms with E-state index in [1.807, 2.05) is 42.1 Å². The van der Waals surface area contributed by atoms with E-state index in [0.29, 0.717) is 5.65 Å². The minimum absolute atomic E-state index is 0.132. The zero-order valence-corrected chi connectivity index (χ0v) is 12.6. The Balaban J connectivity index is 1.86. The largest absolute Gasteiger partial charge is 0.293 e. The Morgan fingerprint density at radius 1 is 1.39 bits per heavy atom. The standard InChI is InChI=1S/C15H15N7O/c1-2-21-12(7-9-17-21)11-5-6-13-18-15(20-22(13)10-11)19-14(23)4-3-8-16/h5-7,9-10H,2-4H2,1H3,(H,19,20,23). The van der Waals surface area contributed by atoms with Crippen LogP contribution in [-0.2, 0) is 11.3 Å². The number of hydrogen-bond donors (Lipinski definition) is 1. The molecule has 3 rings (SSSR count). The number of amides is 1. The molecule has 0 saturated heterocycles. The Kier molecular flexibility index (Phi) is 4.01. The molecule has 1 N–H and O–H groups in total. The molecule has 0 fully saturated rings. The van der Waals surface area contributed by atoms with Crippen molar-refractivity contribution < 1.29 is 4.79 Å². The fourth-order valence-electron chi connectivity index (χ4n) is 2.27. The number of hydrogen-bond acceptors (Lipinski definition) is 5. The van der Waals surface area contributed by atoms with Crippen LogP contribution in [0.3, 0.4) is 0 Å². The maximum atomic E-state index is 11.6. The third-order valence-electron chi connectivity index (χ3n) is 3.36. The molecule has 0 bridgehead atoms. The molecule has 3 aromatic rings. The lowest BCUT2D eigenvalue weighted by Gasteiger charge is -2.04. The van der Waals surface area contributed by atoms with Crippen molar-refractivity contribution in [2.75, 3.05) is 5.32 Å². The summed E-state index contributed by atoms with van der Waals surface area (Å²) in [6.07, 6.45) is 3.90. The van der Waals surface area contributed by atoms with Crippen LogP contribution in [0.1, 0.15) is 19.8 Å². The van der Waals surface area contributed by atoms with Crippen molar-refractivity contribution >= 4 is 17.5 Å². The predicted octanol–water partition coefficient (Wildman–Crippen LogP) is 1.85. The van der Waals surface area contributed by atoms with Gasteiger partial charge in [0.2, 0.25) is 11.9 Å². The zero-order valence-electron chi connectivity index (χ0n) is 12.6. The first-order valence-corrected chi connectivity index (χ1v) is 7.26. The molecule has 0 unspecified atom stereocenters. The summed E-state index contributed by atoms with van der Waals surface area (Å²) in [5.41, 5.74) is 2.58. The Morgan fingerprint density at radius 3 is 3.04 bits per heavy atom. The summed E-state index contributed by atoms with van der Waals surface area (Å²) in [7, 11) is 0. The molecule has 8 heteroatoms. The SMILES string of the molecule is CCn1nccc1-c1ccc2nc(NC(=O)CCC#N)nn2c1. The minimum atomic E-state index is -0.272. The number of fused-ring (bicyclic) bond motifs is 1. The number of pyridine rings is 1. The third-order valence-corrected chi connectivity index (χ3v) is 3.36. The van der Waals surface area contributed by atoms with Crippen LogP contribution < -0.4 is 5.32 Å². The second-order valence-electron chi connectivity index (χ2n) is 4.89. The first-order valence-electron chi connectivity index (χ1n) is 7.26. The van der Waals surface area contributed by atoms with Crippen LogP contribution in [0, 0.1) is 11.3 Å². The molecule has 3 heterocycles. The highest BCUT2D eigenvalue weighted by Crippen LogP contribution is 2.19. The molecule has 8 nitrogen and oxygen atoms in total. The van der Waals surface area contributed by atoms with Gasteiger partial charge in [-0.05, 0) is 25.1 Å². The van der Waals surface area contributed by atoms with Gasteiger partial charge in [-0.15, -0.1) is 5.10 Å². The Hall–Kier alpha value is -3.21. The maximum Gasteiger partial charge on any atom is 0.249 e. The fourth-order valence-corrected chi connectivity index (χ4v) is 2.27. The number of aryl methyl sites for hydroxylation is 1. The van der Waals surface area contributed by atoms with Gasteiger partial charge in [-0.2, -0.15) is 15.3 Å². The molecule has 0 atom stereocenters. The van der Waals surface area contributed by atoms with E-state index in [1.165, 1.54) is 0 Å². The third kappa shape index (κ3) is 3.03. The summed E-state index contributed by atoms with van der Waals surface area (Å²) in [5.74, 6) is -0.0409. The van der Waals surface area contributed by atoms with E-state index < -0.39 is 0 Å². The average Bonchev–Trinajstić information content (AvgIpc) is 3.17. The predicted molar refractivity (Wildman–Crippen MR) is 83.4 cm³/mol. The molecule has 0 aromatic carbocycles. The molecule has 0 aliphatic heterocycles. The van der Waals surface area contributed by atoms with Crippen molar-refractivity contribution in [3.05, 3.63) is 30.6 Å². The van der Waals surface area contributed by atoms with E-state index in [2.05, 4.69) is 20.5 Å². The highest BCUT2D eigenvalue weighted by molar-refractivity contribution is 5.89. The molecule has 1 amide bonds. The quantitative estimate of drug-likeness (QED) is 0.775. The summed E-state index contributed by atoms with van der Waals surface area (Å²) in [6, 6.07) is 7.64. The molecular formula is C15H15N7O.